The maximum absolute atomic E-state index is 12.6. The summed E-state index contributed by atoms with van der Waals surface area (Å²) >= 11 is 1.83. The molecule has 0 bridgehead atoms. The van der Waals surface area contributed by atoms with E-state index < -0.39 is 10.0 Å². The second kappa shape index (κ2) is 5.34. The Labute approximate surface area is 119 Å². The van der Waals surface area contributed by atoms with E-state index in [4.69, 9.17) is 5.73 Å². The number of hydrogen-bond acceptors (Lipinski definition) is 4. The second-order valence-corrected chi connectivity index (χ2v) is 8.98. The minimum absolute atomic E-state index is 0.302. The molecule has 1 aliphatic heterocycles. The lowest BCUT2D eigenvalue weighted by Gasteiger charge is -2.33. The zero-order valence-electron chi connectivity index (χ0n) is 11.5. The van der Waals surface area contributed by atoms with Gasteiger partial charge in [0.2, 0.25) is 10.0 Å². The number of anilines is 1. The first-order valence-electron chi connectivity index (χ1n) is 6.32. The Morgan fingerprint density at radius 1 is 1.21 bits per heavy atom. The smallest absolute Gasteiger partial charge is 0.243 e. The van der Waals surface area contributed by atoms with Crippen LogP contribution in [0, 0.1) is 6.92 Å². The average Bonchev–Trinajstić information content (AvgIpc) is 2.26. The number of nitrogen functional groups attached to an aromatic ring is 1. The first kappa shape index (κ1) is 14.7. The van der Waals surface area contributed by atoms with Crippen molar-refractivity contribution in [3.8, 4) is 0 Å². The van der Waals surface area contributed by atoms with Crippen LogP contribution in [-0.2, 0) is 10.0 Å². The van der Waals surface area contributed by atoms with Gasteiger partial charge in [0, 0.05) is 29.3 Å². The summed E-state index contributed by atoms with van der Waals surface area (Å²) in [6, 6.07) is 5.00. The molecule has 1 fully saturated rings. The third-order valence-corrected chi connectivity index (χ3v) is 6.13. The van der Waals surface area contributed by atoms with Gasteiger partial charge in [-0.25, -0.2) is 8.42 Å². The van der Waals surface area contributed by atoms with Gasteiger partial charge in [-0.05, 0) is 30.7 Å². The summed E-state index contributed by atoms with van der Waals surface area (Å²) in [6.07, 6.45) is 0. The molecular formula is C13H20N2O2S2. The molecule has 0 radical (unpaired) electrons. The van der Waals surface area contributed by atoms with E-state index in [0.29, 0.717) is 34.2 Å². The van der Waals surface area contributed by atoms with Crippen LogP contribution >= 0.6 is 11.8 Å². The number of benzene rings is 1. The predicted molar refractivity (Wildman–Crippen MR) is 80.9 cm³/mol. The average molecular weight is 300 g/mol. The Balaban J connectivity index is 2.36. The molecule has 0 amide bonds. The van der Waals surface area contributed by atoms with E-state index in [1.807, 2.05) is 18.7 Å². The minimum Gasteiger partial charge on any atom is -0.399 e. The summed E-state index contributed by atoms with van der Waals surface area (Å²) < 4.78 is 26.9. The second-order valence-electron chi connectivity index (χ2n) is 5.16. The first-order chi connectivity index (χ1) is 8.79. The van der Waals surface area contributed by atoms with Crippen molar-refractivity contribution in [2.75, 3.05) is 18.8 Å². The van der Waals surface area contributed by atoms with Crippen molar-refractivity contribution in [1.29, 1.82) is 0 Å². The third-order valence-electron chi connectivity index (χ3n) is 3.10. The van der Waals surface area contributed by atoms with Crippen molar-refractivity contribution in [1.82, 2.24) is 4.31 Å². The van der Waals surface area contributed by atoms with E-state index in [1.54, 1.807) is 22.5 Å². The van der Waals surface area contributed by atoms with Crippen molar-refractivity contribution in [3.05, 3.63) is 23.8 Å². The summed E-state index contributed by atoms with van der Waals surface area (Å²) in [6.45, 7) is 7.10. The van der Waals surface area contributed by atoms with Crippen LogP contribution in [0.4, 0.5) is 5.69 Å². The van der Waals surface area contributed by atoms with Crippen LogP contribution in [0.15, 0.2) is 23.1 Å². The van der Waals surface area contributed by atoms with Gasteiger partial charge < -0.3 is 5.73 Å². The Morgan fingerprint density at radius 2 is 1.79 bits per heavy atom. The molecule has 0 aromatic heterocycles. The molecular weight excluding hydrogens is 280 g/mol. The van der Waals surface area contributed by atoms with E-state index in [9.17, 15) is 8.42 Å². The fourth-order valence-electron chi connectivity index (χ4n) is 2.40. The van der Waals surface area contributed by atoms with Crippen molar-refractivity contribution in [3.63, 3.8) is 0 Å². The summed E-state index contributed by atoms with van der Waals surface area (Å²) in [4.78, 5) is 0.302. The summed E-state index contributed by atoms with van der Waals surface area (Å²) in [5, 5.41) is 0.640. The molecule has 1 aromatic rings. The summed E-state index contributed by atoms with van der Waals surface area (Å²) in [7, 11) is -3.43. The normalized spacial score (nSPS) is 25.4. The minimum atomic E-state index is -3.43. The zero-order chi connectivity index (χ0) is 14.2. The zero-order valence-corrected chi connectivity index (χ0v) is 13.1. The van der Waals surface area contributed by atoms with Crippen LogP contribution in [0.3, 0.4) is 0 Å². The molecule has 2 atom stereocenters. The highest BCUT2D eigenvalue weighted by Gasteiger charge is 2.32. The number of hydrogen-bond donors (Lipinski definition) is 1. The van der Waals surface area contributed by atoms with Crippen molar-refractivity contribution >= 4 is 27.5 Å². The Kier molecular flexibility index (Phi) is 4.13. The molecule has 0 spiro atoms. The molecule has 4 nitrogen and oxygen atoms in total. The van der Waals surface area contributed by atoms with Crippen LogP contribution in [0.25, 0.3) is 0 Å². The summed E-state index contributed by atoms with van der Waals surface area (Å²) in [5.41, 5.74) is 7.11. The molecule has 6 heteroatoms. The Hall–Kier alpha value is -0.720. The van der Waals surface area contributed by atoms with Gasteiger partial charge in [-0.15, -0.1) is 0 Å². The molecule has 106 valence electrons. The maximum Gasteiger partial charge on any atom is 0.243 e. The number of thioether (sulfide) groups is 1. The molecule has 2 unspecified atom stereocenters. The van der Waals surface area contributed by atoms with Gasteiger partial charge >= 0.3 is 0 Å². The molecule has 0 saturated carbocycles. The van der Waals surface area contributed by atoms with Gasteiger partial charge in [-0.3, -0.25) is 0 Å². The molecule has 1 heterocycles. The number of sulfonamides is 1. The van der Waals surface area contributed by atoms with Crippen LogP contribution in [-0.4, -0.2) is 36.3 Å². The maximum atomic E-state index is 12.6. The van der Waals surface area contributed by atoms with Crippen LogP contribution in [0.5, 0.6) is 0 Å². The van der Waals surface area contributed by atoms with Crippen LogP contribution < -0.4 is 5.73 Å². The molecule has 1 saturated heterocycles. The highest BCUT2D eigenvalue weighted by molar-refractivity contribution is 8.00. The number of nitrogens with zero attached hydrogens (tertiary/aromatic N) is 1. The van der Waals surface area contributed by atoms with Crippen molar-refractivity contribution in [2.45, 2.75) is 36.2 Å². The van der Waals surface area contributed by atoms with E-state index >= 15 is 0 Å². The fourth-order valence-corrected chi connectivity index (χ4v) is 5.67. The summed E-state index contributed by atoms with van der Waals surface area (Å²) in [5.74, 6) is 0. The van der Waals surface area contributed by atoms with Gasteiger partial charge in [0.15, 0.2) is 0 Å². The molecule has 0 aliphatic carbocycles. The number of rotatable bonds is 2. The molecule has 2 N–H and O–H groups in total. The monoisotopic (exact) mass is 300 g/mol. The SMILES string of the molecule is Cc1cc(N)cc(S(=O)(=O)N2CC(C)SC(C)C2)c1. The lowest BCUT2D eigenvalue weighted by molar-refractivity contribution is 0.405. The topological polar surface area (TPSA) is 63.4 Å². The molecule has 1 aromatic carbocycles. The number of nitrogens with two attached hydrogens (primary N) is 1. The lowest BCUT2D eigenvalue weighted by Crippen LogP contribution is -2.43. The van der Waals surface area contributed by atoms with E-state index in [1.165, 1.54) is 0 Å². The van der Waals surface area contributed by atoms with Gasteiger partial charge in [0.05, 0.1) is 4.90 Å². The standard InChI is InChI=1S/C13H20N2O2S2/c1-9-4-12(14)6-13(5-9)19(16,17)15-7-10(2)18-11(3)8-15/h4-6,10-11H,7-8,14H2,1-3H3. The van der Waals surface area contributed by atoms with Gasteiger partial charge in [-0.2, -0.15) is 16.1 Å². The lowest BCUT2D eigenvalue weighted by atomic mass is 10.2. The Bertz CT molecular complexity index is 542. The fraction of sp³-hybridized carbons (Fsp3) is 0.538. The number of aryl methyl sites for hydroxylation is 1. The van der Waals surface area contributed by atoms with Crippen LogP contribution in [0.1, 0.15) is 19.4 Å². The van der Waals surface area contributed by atoms with Crippen molar-refractivity contribution < 1.29 is 8.42 Å². The first-order valence-corrected chi connectivity index (χ1v) is 8.70. The molecule has 19 heavy (non-hydrogen) atoms. The quantitative estimate of drug-likeness (QED) is 0.850. The van der Waals surface area contributed by atoms with E-state index in [0.717, 1.165) is 5.56 Å². The highest BCUT2D eigenvalue weighted by atomic mass is 32.2. The van der Waals surface area contributed by atoms with E-state index in [2.05, 4.69) is 13.8 Å². The molecule has 1 aliphatic rings. The largest absolute Gasteiger partial charge is 0.399 e. The predicted octanol–water partition coefficient (Wildman–Crippen LogP) is 2.09. The van der Waals surface area contributed by atoms with Gasteiger partial charge in [0.1, 0.15) is 0 Å². The molecule has 2 rings (SSSR count). The highest BCUT2D eigenvalue weighted by Crippen LogP contribution is 2.29. The van der Waals surface area contributed by atoms with Gasteiger partial charge in [0.25, 0.3) is 0 Å². The van der Waals surface area contributed by atoms with Crippen molar-refractivity contribution in [2.24, 2.45) is 0 Å². The Morgan fingerprint density at radius 3 is 2.32 bits per heavy atom. The van der Waals surface area contributed by atoms with E-state index in [-0.39, 0.29) is 0 Å². The van der Waals surface area contributed by atoms with Crippen LogP contribution in [0.2, 0.25) is 0 Å². The third kappa shape index (κ3) is 3.24. The van der Waals surface area contributed by atoms with Gasteiger partial charge in [-0.1, -0.05) is 13.8 Å².